The van der Waals surface area contributed by atoms with Crippen LogP contribution in [-0.2, 0) is 0 Å². The summed E-state index contributed by atoms with van der Waals surface area (Å²) in [5, 5.41) is 8.82. The van der Waals surface area contributed by atoms with Crippen LogP contribution in [0, 0.1) is 10.8 Å². The molecule has 2 nitrogen and oxygen atoms in total. The van der Waals surface area contributed by atoms with Gasteiger partial charge in [-0.05, 0) is 6.92 Å². The molecule has 2 unspecified atom stereocenters. The van der Waals surface area contributed by atoms with Crippen molar-refractivity contribution in [3.05, 3.63) is 0 Å². The second kappa shape index (κ2) is 4.13. The average Bonchev–Trinajstić information content (AvgIpc) is 2.07. The predicted octanol–water partition coefficient (Wildman–Crippen LogP) is 2.84. The Hall–Kier alpha value is -0.180. The molecule has 1 aliphatic heterocycles. The molecule has 0 aromatic carbocycles. The fourth-order valence-electron chi connectivity index (χ4n) is 1.68. The van der Waals surface area contributed by atoms with Crippen molar-refractivity contribution >= 4 is 17.6 Å². The molecule has 1 aliphatic rings. The quantitative estimate of drug-likeness (QED) is 0.496. The van der Waals surface area contributed by atoms with Gasteiger partial charge < -0.3 is 4.90 Å². The molecule has 2 atom stereocenters. The Bertz CT molecular complexity index is 220. The second-order valence-electron chi connectivity index (χ2n) is 5.11. The van der Waals surface area contributed by atoms with Gasteiger partial charge in [-0.1, -0.05) is 27.7 Å². The first-order valence-corrected chi connectivity index (χ1v) is 6.36. The van der Waals surface area contributed by atoms with E-state index in [1.165, 1.54) is 0 Å². The number of hydrogen-bond acceptors (Lipinski definition) is 2. The van der Waals surface area contributed by atoms with Gasteiger partial charge in [0.2, 0.25) is 0 Å². The van der Waals surface area contributed by atoms with Crippen molar-refractivity contribution in [3.63, 3.8) is 0 Å². The lowest BCUT2D eigenvalue weighted by Crippen LogP contribution is -2.51. The molecule has 1 heterocycles. The van der Waals surface area contributed by atoms with Crippen LogP contribution in [0.5, 0.6) is 0 Å². The van der Waals surface area contributed by atoms with Crippen molar-refractivity contribution in [2.75, 3.05) is 12.3 Å². The molecule has 1 fully saturated rings. The molecule has 0 amide bonds. The number of thioether (sulfide) groups is 1. The SMILES string of the molecule is CC1SCCN(C(=N)C(C)(C)C)C1C. The van der Waals surface area contributed by atoms with E-state index in [0.29, 0.717) is 11.3 Å². The third-order valence-electron chi connectivity index (χ3n) is 2.88. The Morgan fingerprint density at radius 2 is 1.93 bits per heavy atom. The van der Waals surface area contributed by atoms with E-state index < -0.39 is 0 Å². The molecule has 1 saturated heterocycles. The minimum absolute atomic E-state index is 0.0179. The van der Waals surface area contributed by atoms with Crippen molar-refractivity contribution in [3.8, 4) is 0 Å². The lowest BCUT2D eigenvalue weighted by Gasteiger charge is -2.42. The molecule has 0 aliphatic carbocycles. The van der Waals surface area contributed by atoms with Crippen LogP contribution >= 0.6 is 11.8 Å². The molecule has 1 rings (SSSR count). The number of amidine groups is 1. The van der Waals surface area contributed by atoms with Gasteiger partial charge in [-0.2, -0.15) is 11.8 Å². The van der Waals surface area contributed by atoms with Crippen LogP contribution in [0.3, 0.4) is 0 Å². The van der Waals surface area contributed by atoms with Crippen LogP contribution in [0.15, 0.2) is 0 Å². The van der Waals surface area contributed by atoms with Crippen molar-refractivity contribution < 1.29 is 0 Å². The molecule has 82 valence electrons. The zero-order chi connectivity index (χ0) is 10.9. The first-order valence-electron chi connectivity index (χ1n) is 5.31. The van der Waals surface area contributed by atoms with Gasteiger partial charge in [0, 0.05) is 29.0 Å². The summed E-state index contributed by atoms with van der Waals surface area (Å²) in [6.07, 6.45) is 0. The Morgan fingerprint density at radius 1 is 1.36 bits per heavy atom. The summed E-state index contributed by atoms with van der Waals surface area (Å²) in [5.41, 5.74) is -0.0179. The van der Waals surface area contributed by atoms with Gasteiger partial charge >= 0.3 is 0 Å². The van der Waals surface area contributed by atoms with Gasteiger partial charge in [0.1, 0.15) is 5.84 Å². The van der Waals surface area contributed by atoms with Crippen LogP contribution in [0.25, 0.3) is 0 Å². The van der Waals surface area contributed by atoms with Gasteiger partial charge in [0.15, 0.2) is 0 Å². The molecule has 0 saturated carbocycles. The molecular weight excluding hydrogens is 192 g/mol. The normalized spacial score (nSPS) is 29.1. The Morgan fingerprint density at radius 3 is 2.43 bits per heavy atom. The number of nitrogens with one attached hydrogen (secondary N) is 1. The maximum atomic E-state index is 8.17. The fourth-order valence-corrected chi connectivity index (χ4v) is 2.78. The summed E-state index contributed by atoms with van der Waals surface area (Å²) >= 11 is 2.02. The van der Waals surface area contributed by atoms with Crippen LogP contribution in [0.2, 0.25) is 0 Å². The van der Waals surface area contributed by atoms with Gasteiger partial charge in [-0.15, -0.1) is 0 Å². The Kier molecular flexibility index (Phi) is 3.51. The molecule has 0 aromatic heterocycles. The predicted molar refractivity (Wildman–Crippen MR) is 65.3 cm³/mol. The topological polar surface area (TPSA) is 27.1 Å². The zero-order valence-corrected chi connectivity index (χ0v) is 10.7. The summed E-state index contributed by atoms with van der Waals surface area (Å²) in [7, 11) is 0. The standard InChI is InChI=1S/C11H22N2S/c1-8-9(2)14-7-6-13(8)10(12)11(3,4)5/h8-9,12H,6-7H2,1-5H3. The van der Waals surface area contributed by atoms with E-state index in [2.05, 4.69) is 39.5 Å². The summed E-state index contributed by atoms with van der Waals surface area (Å²) in [6, 6.07) is 0.500. The van der Waals surface area contributed by atoms with Crippen LogP contribution in [0.1, 0.15) is 34.6 Å². The van der Waals surface area contributed by atoms with Gasteiger partial charge in [-0.25, -0.2) is 0 Å². The van der Waals surface area contributed by atoms with Crippen LogP contribution < -0.4 is 0 Å². The van der Waals surface area contributed by atoms with Crippen LogP contribution in [-0.4, -0.2) is 34.3 Å². The first kappa shape index (κ1) is 11.9. The van der Waals surface area contributed by atoms with Crippen molar-refractivity contribution in [2.45, 2.75) is 45.9 Å². The highest BCUT2D eigenvalue weighted by molar-refractivity contribution is 8.00. The highest BCUT2D eigenvalue weighted by Crippen LogP contribution is 2.28. The molecule has 0 spiro atoms. The van der Waals surface area contributed by atoms with Crippen molar-refractivity contribution in [1.29, 1.82) is 5.41 Å². The lowest BCUT2D eigenvalue weighted by molar-refractivity contribution is 0.300. The minimum atomic E-state index is -0.0179. The zero-order valence-electron chi connectivity index (χ0n) is 9.92. The van der Waals surface area contributed by atoms with Crippen LogP contribution in [0.4, 0.5) is 0 Å². The maximum absolute atomic E-state index is 8.17. The van der Waals surface area contributed by atoms with E-state index in [-0.39, 0.29) is 5.41 Å². The summed E-state index contributed by atoms with van der Waals surface area (Å²) in [4.78, 5) is 2.27. The third kappa shape index (κ3) is 2.44. The van der Waals surface area contributed by atoms with E-state index in [9.17, 15) is 0 Å². The molecule has 0 radical (unpaired) electrons. The second-order valence-corrected chi connectivity index (χ2v) is 6.59. The smallest absolute Gasteiger partial charge is 0.102 e. The summed E-state index contributed by atoms with van der Waals surface area (Å²) in [5.74, 6) is 1.95. The fraction of sp³-hybridized carbons (Fsp3) is 0.909. The first-order chi connectivity index (χ1) is 6.34. The number of hydrogen-bond donors (Lipinski definition) is 1. The highest BCUT2D eigenvalue weighted by atomic mass is 32.2. The van der Waals surface area contributed by atoms with E-state index in [4.69, 9.17) is 5.41 Å². The third-order valence-corrected chi connectivity index (χ3v) is 4.22. The van der Waals surface area contributed by atoms with Crippen molar-refractivity contribution in [1.82, 2.24) is 4.90 Å². The molecule has 1 N–H and O–H groups in total. The number of nitrogens with zero attached hydrogens (tertiary/aromatic N) is 1. The van der Waals surface area contributed by atoms with Crippen molar-refractivity contribution in [2.24, 2.45) is 5.41 Å². The molecule has 14 heavy (non-hydrogen) atoms. The minimum Gasteiger partial charge on any atom is -0.355 e. The lowest BCUT2D eigenvalue weighted by atomic mass is 9.93. The average molecular weight is 214 g/mol. The van der Waals surface area contributed by atoms with Gasteiger partial charge in [0.25, 0.3) is 0 Å². The highest BCUT2D eigenvalue weighted by Gasteiger charge is 2.31. The molecule has 0 bridgehead atoms. The Labute approximate surface area is 92.0 Å². The molecule has 0 aromatic rings. The van der Waals surface area contributed by atoms with Gasteiger partial charge in [-0.3, -0.25) is 5.41 Å². The summed E-state index contributed by atoms with van der Waals surface area (Å²) < 4.78 is 0. The van der Waals surface area contributed by atoms with E-state index >= 15 is 0 Å². The molecule has 3 heteroatoms. The van der Waals surface area contributed by atoms with E-state index in [0.717, 1.165) is 18.1 Å². The summed E-state index contributed by atoms with van der Waals surface area (Å²) in [6.45, 7) is 11.9. The Balaban J connectivity index is 2.72. The monoisotopic (exact) mass is 214 g/mol. The number of rotatable bonds is 0. The largest absolute Gasteiger partial charge is 0.355 e. The van der Waals surface area contributed by atoms with E-state index in [1.54, 1.807) is 0 Å². The maximum Gasteiger partial charge on any atom is 0.102 e. The molecular formula is C11H22N2S. The van der Waals surface area contributed by atoms with E-state index in [1.807, 2.05) is 11.8 Å². The van der Waals surface area contributed by atoms with Gasteiger partial charge in [0.05, 0.1) is 0 Å².